The maximum atomic E-state index is 12.4. The molecule has 0 saturated carbocycles. The van der Waals surface area contributed by atoms with Crippen LogP contribution < -0.4 is 5.32 Å². The van der Waals surface area contributed by atoms with Crippen molar-refractivity contribution in [2.45, 2.75) is 39.5 Å². The van der Waals surface area contributed by atoms with E-state index in [9.17, 15) is 9.59 Å². The van der Waals surface area contributed by atoms with Crippen LogP contribution in [-0.4, -0.2) is 24.0 Å². The molecule has 0 unspecified atom stereocenters. The van der Waals surface area contributed by atoms with E-state index in [4.69, 9.17) is 4.42 Å². The van der Waals surface area contributed by atoms with Gasteiger partial charge in [0.05, 0.1) is 19.0 Å². The van der Waals surface area contributed by atoms with Crippen LogP contribution in [0.25, 0.3) is 0 Å². The van der Waals surface area contributed by atoms with Gasteiger partial charge < -0.3 is 14.5 Å². The van der Waals surface area contributed by atoms with E-state index in [1.807, 2.05) is 13.8 Å². The first kappa shape index (κ1) is 17.7. The number of amides is 1. The molecule has 2 rings (SSSR count). The van der Waals surface area contributed by atoms with Gasteiger partial charge in [0.15, 0.2) is 5.76 Å². The lowest BCUT2D eigenvalue weighted by Crippen LogP contribution is -2.12. The van der Waals surface area contributed by atoms with Gasteiger partial charge in [-0.05, 0) is 29.7 Å². The molecule has 0 aliphatic heterocycles. The third-order valence-corrected chi connectivity index (χ3v) is 3.58. The van der Waals surface area contributed by atoms with E-state index in [1.54, 1.807) is 12.1 Å². The van der Waals surface area contributed by atoms with E-state index in [-0.39, 0.29) is 29.2 Å². The molecule has 0 aliphatic carbocycles. The standard InChI is InChI=1S/C18H22N2O4/c1-10(2)13-8-15(24-16(13)11(3)4)17(21)20-12-6-7-14(19-9-12)18(22)23-5/h6-11H,1-5H3,(H,20,21). The predicted octanol–water partition coefficient (Wildman–Crippen LogP) is 3.96. The molecular weight excluding hydrogens is 308 g/mol. The summed E-state index contributed by atoms with van der Waals surface area (Å²) in [6.45, 7) is 8.19. The quantitative estimate of drug-likeness (QED) is 0.839. The number of hydrogen-bond donors (Lipinski definition) is 1. The van der Waals surface area contributed by atoms with E-state index < -0.39 is 5.97 Å². The minimum atomic E-state index is -0.526. The highest BCUT2D eigenvalue weighted by atomic mass is 16.5. The Balaban J connectivity index is 2.18. The maximum Gasteiger partial charge on any atom is 0.356 e. The topological polar surface area (TPSA) is 81.4 Å². The summed E-state index contributed by atoms with van der Waals surface area (Å²) < 4.78 is 10.3. The molecule has 1 N–H and O–H groups in total. The summed E-state index contributed by atoms with van der Waals surface area (Å²) in [4.78, 5) is 27.7. The second-order valence-corrected chi connectivity index (χ2v) is 6.12. The highest BCUT2D eigenvalue weighted by molar-refractivity contribution is 6.02. The van der Waals surface area contributed by atoms with Gasteiger partial charge in [0.2, 0.25) is 0 Å². The molecule has 6 nitrogen and oxygen atoms in total. The number of hydrogen-bond acceptors (Lipinski definition) is 5. The molecule has 0 radical (unpaired) electrons. The Morgan fingerprint density at radius 2 is 1.88 bits per heavy atom. The second-order valence-electron chi connectivity index (χ2n) is 6.12. The number of methoxy groups -OCH3 is 1. The van der Waals surface area contributed by atoms with Gasteiger partial charge in [-0.3, -0.25) is 4.79 Å². The van der Waals surface area contributed by atoms with Gasteiger partial charge >= 0.3 is 5.97 Å². The Hall–Kier alpha value is -2.63. The van der Waals surface area contributed by atoms with Crippen molar-refractivity contribution < 1.29 is 18.7 Å². The third-order valence-electron chi connectivity index (χ3n) is 3.58. The number of nitrogens with zero attached hydrogens (tertiary/aromatic N) is 1. The molecule has 0 aliphatic rings. The van der Waals surface area contributed by atoms with Crippen LogP contribution in [0.4, 0.5) is 5.69 Å². The van der Waals surface area contributed by atoms with Gasteiger partial charge in [-0.25, -0.2) is 9.78 Å². The third kappa shape index (κ3) is 3.82. The van der Waals surface area contributed by atoms with Gasteiger partial charge in [0.25, 0.3) is 5.91 Å². The molecule has 0 fully saturated rings. The van der Waals surface area contributed by atoms with Crippen molar-refractivity contribution >= 4 is 17.6 Å². The smallest absolute Gasteiger partial charge is 0.356 e. The van der Waals surface area contributed by atoms with E-state index in [2.05, 4.69) is 28.9 Å². The molecule has 0 atom stereocenters. The number of rotatable bonds is 5. The molecular formula is C18H22N2O4. The number of carbonyl (C=O) groups is 2. The lowest BCUT2D eigenvalue weighted by molar-refractivity contribution is 0.0594. The maximum absolute atomic E-state index is 12.4. The van der Waals surface area contributed by atoms with Crippen LogP contribution >= 0.6 is 0 Å². The van der Waals surface area contributed by atoms with Crippen LogP contribution in [0.2, 0.25) is 0 Å². The SMILES string of the molecule is COC(=O)c1ccc(NC(=O)c2cc(C(C)C)c(C(C)C)o2)cn1. The van der Waals surface area contributed by atoms with E-state index in [1.165, 1.54) is 19.4 Å². The normalized spacial score (nSPS) is 11.0. The van der Waals surface area contributed by atoms with Crippen LogP contribution in [0.5, 0.6) is 0 Å². The van der Waals surface area contributed by atoms with Gasteiger partial charge in [-0.15, -0.1) is 0 Å². The average Bonchev–Trinajstić information content (AvgIpc) is 3.01. The number of ether oxygens (including phenoxy) is 1. The molecule has 6 heteroatoms. The monoisotopic (exact) mass is 330 g/mol. The van der Waals surface area contributed by atoms with Gasteiger partial charge in [-0.1, -0.05) is 27.7 Å². The molecule has 0 spiro atoms. The summed E-state index contributed by atoms with van der Waals surface area (Å²) in [5.74, 6) is 0.686. The minimum absolute atomic E-state index is 0.178. The summed E-state index contributed by atoms with van der Waals surface area (Å²) in [6, 6.07) is 4.86. The van der Waals surface area contributed by atoms with Crippen LogP contribution in [0, 0.1) is 0 Å². The van der Waals surface area contributed by atoms with Crippen LogP contribution in [0.1, 0.15) is 71.9 Å². The van der Waals surface area contributed by atoms with Crippen LogP contribution in [0.3, 0.4) is 0 Å². The highest BCUT2D eigenvalue weighted by Crippen LogP contribution is 2.29. The zero-order valence-corrected chi connectivity index (χ0v) is 14.5. The van der Waals surface area contributed by atoms with Crippen molar-refractivity contribution in [1.29, 1.82) is 0 Å². The lowest BCUT2D eigenvalue weighted by Gasteiger charge is -2.07. The number of aromatic nitrogens is 1. The Labute approximate surface area is 141 Å². The summed E-state index contributed by atoms with van der Waals surface area (Å²) in [7, 11) is 1.29. The Morgan fingerprint density at radius 3 is 2.33 bits per heavy atom. The average molecular weight is 330 g/mol. The molecule has 24 heavy (non-hydrogen) atoms. The van der Waals surface area contributed by atoms with Gasteiger partial charge in [-0.2, -0.15) is 0 Å². The summed E-state index contributed by atoms with van der Waals surface area (Å²) in [5.41, 5.74) is 1.69. The van der Waals surface area contributed by atoms with Crippen molar-refractivity contribution in [3.05, 3.63) is 47.2 Å². The molecule has 1 amide bonds. The number of nitrogens with one attached hydrogen (secondary N) is 1. The van der Waals surface area contributed by atoms with E-state index >= 15 is 0 Å². The van der Waals surface area contributed by atoms with E-state index in [0.717, 1.165) is 11.3 Å². The molecule has 2 aromatic rings. The van der Waals surface area contributed by atoms with Crippen molar-refractivity contribution in [2.75, 3.05) is 12.4 Å². The summed E-state index contributed by atoms with van der Waals surface area (Å²) >= 11 is 0. The minimum Gasteiger partial charge on any atom is -0.464 e. The Bertz CT molecular complexity index is 704. The zero-order chi connectivity index (χ0) is 17.9. The second kappa shape index (κ2) is 7.29. The lowest BCUT2D eigenvalue weighted by atomic mass is 9.98. The predicted molar refractivity (Wildman–Crippen MR) is 90.4 cm³/mol. The first-order valence-electron chi connectivity index (χ1n) is 7.82. The fourth-order valence-corrected chi connectivity index (χ4v) is 2.32. The zero-order valence-electron chi connectivity index (χ0n) is 14.5. The summed E-state index contributed by atoms with van der Waals surface area (Å²) in [6.07, 6.45) is 1.40. The number of esters is 1. The van der Waals surface area contributed by atoms with Crippen molar-refractivity contribution in [3.63, 3.8) is 0 Å². The fraction of sp³-hybridized carbons (Fsp3) is 0.389. The van der Waals surface area contributed by atoms with Gasteiger partial charge in [0, 0.05) is 5.92 Å². The first-order chi connectivity index (χ1) is 11.3. The largest absolute Gasteiger partial charge is 0.464 e. The molecule has 0 aromatic carbocycles. The Morgan fingerprint density at radius 1 is 1.17 bits per heavy atom. The molecule has 128 valence electrons. The van der Waals surface area contributed by atoms with Crippen molar-refractivity contribution in [3.8, 4) is 0 Å². The summed E-state index contributed by atoms with van der Waals surface area (Å²) in [5, 5.41) is 2.71. The van der Waals surface area contributed by atoms with Crippen molar-refractivity contribution in [1.82, 2.24) is 4.98 Å². The van der Waals surface area contributed by atoms with Crippen molar-refractivity contribution in [2.24, 2.45) is 0 Å². The molecule has 0 saturated heterocycles. The highest BCUT2D eigenvalue weighted by Gasteiger charge is 2.20. The van der Waals surface area contributed by atoms with E-state index in [0.29, 0.717) is 5.69 Å². The Kier molecular flexibility index (Phi) is 5.39. The number of carbonyl (C=O) groups excluding carboxylic acids is 2. The first-order valence-corrected chi connectivity index (χ1v) is 7.82. The number of pyridine rings is 1. The molecule has 0 bridgehead atoms. The molecule has 2 aromatic heterocycles. The number of anilines is 1. The van der Waals surface area contributed by atoms with Crippen LogP contribution in [0.15, 0.2) is 28.8 Å². The number of furan rings is 1. The van der Waals surface area contributed by atoms with Gasteiger partial charge in [0.1, 0.15) is 11.5 Å². The molecule has 2 heterocycles. The van der Waals surface area contributed by atoms with Crippen LogP contribution in [-0.2, 0) is 4.74 Å². The fourth-order valence-electron chi connectivity index (χ4n) is 2.32.